The summed E-state index contributed by atoms with van der Waals surface area (Å²) in [6.45, 7) is 3.19. The average molecular weight is 441 g/mol. The molecule has 0 saturated carbocycles. The second kappa shape index (κ2) is 9.92. The maximum absolute atomic E-state index is 12.7. The molecule has 0 spiro atoms. The SMILES string of the molecule is O=C(NC1CCN(Cc2ccccc2)CC1)c1ccc(COc2ccc3ccccc3c2)o1. The maximum Gasteiger partial charge on any atom is 0.287 e. The fourth-order valence-corrected chi connectivity index (χ4v) is 4.32. The zero-order chi connectivity index (χ0) is 22.5. The maximum atomic E-state index is 12.7. The first-order valence-electron chi connectivity index (χ1n) is 11.5. The quantitative estimate of drug-likeness (QED) is 0.418. The molecule has 1 amide bonds. The van der Waals surface area contributed by atoms with Gasteiger partial charge in [-0.2, -0.15) is 0 Å². The first-order chi connectivity index (χ1) is 16.2. The number of nitrogens with zero attached hydrogens (tertiary/aromatic N) is 1. The number of rotatable bonds is 7. The molecule has 1 aromatic heterocycles. The summed E-state index contributed by atoms with van der Waals surface area (Å²) in [6, 6.07) is 28.4. The fraction of sp³-hybridized carbons (Fsp3) is 0.250. The number of carbonyl (C=O) groups is 1. The van der Waals surface area contributed by atoms with Gasteiger partial charge in [0.2, 0.25) is 0 Å². The molecule has 1 fully saturated rings. The van der Waals surface area contributed by atoms with Gasteiger partial charge in [0.05, 0.1) is 0 Å². The van der Waals surface area contributed by atoms with Crippen molar-refractivity contribution in [3.63, 3.8) is 0 Å². The van der Waals surface area contributed by atoms with Gasteiger partial charge >= 0.3 is 0 Å². The number of fused-ring (bicyclic) bond motifs is 1. The fourth-order valence-electron chi connectivity index (χ4n) is 4.32. The van der Waals surface area contributed by atoms with E-state index in [2.05, 4.69) is 46.6 Å². The van der Waals surface area contributed by atoms with E-state index in [9.17, 15) is 4.79 Å². The number of ether oxygens (including phenoxy) is 1. The number of furan rings is 1. The molecule has 0 atom stereocenters. The topological polar surface area (TPSA) is 54.7 Å². The smallest absolute Gasteiger partial charge is 0.287 e. The summed E-state index contributed by atoms with van der Waals surface area (Å²) in [6.07, 6.45) is 1.88. The van der Waals surface area contributed by atoms with E-state index < -0.39 is 0 Å². The number of carbonyl (C=O) groups excluding carboxylic acids is 1. The van der Waals surface area contributed by atoms with Crippen LogP contribution in [0.4, 0.5) is 0 Å². The monoisotopic (exact) mass is 440 g/mol. The predicted octanol–water partition coefficient (Wildman–Crippen LogP) is 5.41. The van der Waals surface area contributed by atoms with Crippen LogP contribution in [0, 0.1) is 0 Å². The van der Waals surface area contributed by atoms with Gasteiger partial charge in [-0.1, -0.05) is 60.7 Å². The Kier molecular flexibility index (Phi) is 6.40. The van der Waals surface area contributed by atoms with E-state index in [0.29, 0.717) is 11.5 Å². The molecule has 33 heavy (non-hydrogen) atoms. The van der Waals surface area contributed by atoms with Crippen LogP contribution in [-0.4, -0.2) is 29.9 Å². The van der Waals surface area contributed by atoms with Crippen molar-refractivity contribution in [1.29, 1.82) is 0 Å². The number of hydrogen-bond donors (Lipinski definition) is 1. The van der Waals surface area contributed by atoms with Crippen molar-refractivity contribution in [2.75, 3.05) is 13.1 Å². The van der Waals surface area contributed by atoms with Gasteiger partial charge in [0, 0.05) is 25.7 Å². The Bertz CT molecular complexity index is 1210. The molecule has 0 radical (unpaired) electrons. The molecule has 1 saturated heterocycles. The van der Waals surface area contributed by atoms with Crippen LogP contribution in [0.5, 0.6) is 5.75 Å². The number of piperidine rings is 1. The normalized spacial score (nSPS) is 14.9. The van der Waals surface area contributed by atoms with Gasteiger partial charge in [0.1, 0.15) is 18.1 Å². The van der Waals surface area contributed by atoms with Gasteiger partial charge in [0.15, 0.2) is 5.76 Å². The van der Waals surface area contributed by atoms with Crippen LogP contribution >= 0.6 is 0 Å². The van der Waals surface area contributed by atoms with E-state index in [-0.39, 0.29) is 18.6 Å². The van der Waals surface area contributed by atoms with E-state index in [1.54, 1.807) is 12.1 Å². The minimum absolute atomic E-state index is 0.159. The van der Waals surface area contributed by atoms with E-state index in [4.69, 9.17) is 9.15 Å². The van der Waals surface area contributed by atoms with Crippen molar-refractivity contribution < 1.29 is 13.9 Å². The van der Waals surface area contributed by atoms with E-state index in [0.717, 1.165) is 43.6 Å². The molecule has 1 aliphatic rings. The number of amides is 1. The first-order valence-corrected chi connectivity index (χ1v) is 11.5. The molecule has 1 N–H and O–H groups in total. The van der Waals surface area contributed by atoms with Crippen LogP contribution < -0.4 is 10.1 Å². The summed E-state index contributed by atoms with van der Waals surface area (Å²) in [5, 5.41) is 5.43. The molecule has 2 heterocycles. The number of likely N-dealkylation sites (tertiary alicyclic amines) is 1. The van der Waals surface area contributed by atoms with Gasteiger partial charge in [-0.3, -0.25) is 9.69 Å². The largest absolute Gasteiger partial charge is 0.486 e. The molecular weight excluding hydrogens is 412 g/mol. The first kappa shape index (κ1) is 21.3. The standard InChI is InChI=1S/C28H28N2O3/c31-28(29-24-14-16-30(17-15-24)19-21-6-2-1-3-7-21)27-13-12-26(33-27)20-32-25-11-10-22-8-4-5-9-23(22)18-25/h1-13,18,24H,14-17,19-20H2,(H,29,31). The van der Waals surface area contributed by atoms with Crippen LogP contribution in [0.25, 0.3) is 10.8 Å². The Morgan fingerprint density at radius 3 is 2.48 bits per heavy atom. The van der Waals surface area contributed by atoms with Gasteiger partial charge < -0.3 is 14.5 Å². The molecular formula is C28H28N2O3. The molecule has 5 heteroatoms. The Morgan fingerprint density at radius 2 is 1.67 bits per heavy atom. The van der Waals surface area contributed by atoms with Gasteiger partial charge in [-0.25, -0.2) is 0 Å². The lowest BCUT2D eigenvalue weighted by Crippen LogP contribution is -2.44. The van der Waals surface area contributed by atoms with Crippen molar-refractivity contribution in [2.45, 2.75) is 32.0 Å². The molecule has 3 aromatic carbocycles. The highest BCUT2D eigenvalue weighted by Crippen LogP contribution is 2.22. The molecule has 168 valence electrons. The molecule has 5 nitrogen and oxygen atoms in total. The summed E-state index contributed by atoms with van der Waals surface area (Å²) in [5.74, 6) is 1.58. The van der Waals surface area contributed by atoms with Crippen molar-refractivity contribution in [3.8, 4) is 5.75 Å². The molecule has 1 aliphatic heterocycles. The second-order valence-corrected chi connectivity index (χ2v) is 8.57. The van der Waals surface area contributed by atoms with Crippen LogP contribution in [0.1, 0.15) is 34.7 Å². The third-order valence-electron chi connectivity index (χ3n) is 6.16. The van der Waals surface area contributed by atoms with Crippen molar-refractivity contribution in [2.24, 2.45) is 0 Å². The Hall–Kier alpha value is -3.57. The lowest BCUT2D eigenvalue weighted by Gasteiger charge is -2.32. The Balaban J connectivity index is 1.10. The van der Waals surface area contributed by atoms with Gasteiger partial charge in [0.25, 0.3) is 5.91 Å². The lowest BCUT2D eigenvalue weighted by molar-refractivity contribution is 0.0877. The summed E-state index contributed by atoms with van der Waals surface area (Å²) >= 11 is 0. The number of hydrogen-bond acceptors (Lipinski definition) is 4. The van der Waals surface area contributed by atoms with E-state index in [1.165, 1.54) is 10.9 Å². The Morgan fingerprint density at radius 1 is 0.909 bits per heavy atom. The van der Waals surface area contributed by atoms with Crippen LogP contribution in [0.15, 0.2) is 89.3 Å². The van der Waals surface area contributed by atoms with Crippen molar-refractivity contribution in [1.82, 2.24) is 10.2 Å². The minimum atomic E-state index is -0.159. The number of nitrogens with one attached hydrogen (secondary N) is 1. The molecule has 0 aliphatic carbocycles. The predicted molar refractivity (Wildman–Crippen MR) is 129 cm³/mol. The van der Waals surface area contributed by atoms with Crippen LogP contribution in [0.2, 0.25) is 0 Å². The summed E-state index contributed by atoms with van der Waals surface area (Å²) in [4.78, 5) is 15.1. The van der Waals surface area contributed by atoms with Crippen molar-refractivity contribution >= 4 is 16.7 Å². The third-order valence-corrected chi connectivity index (χ3v) is 6.16. The third kappa shape index (κ3) is 5.44. The highest BCUT2D eigenvalue weighted by molar-refractivity contribution is 5.91. The zero-order valence-electron chi connectivity index (χ0n) is 18.6. The van der Waals surface area contributed by atoms with E-state index in [1.807, 2.05) is 36.4 Å². The zero-order valence-corrected chi connectivity index (χ0v) is 18.6. The molecule has 5 rings (SSSR count). The summed E-state index contributed by atoms with van der Waals surface area (Å²) in [5.41, 5.74) is 1.33. The second-order valence-electron chi connectivity index (χ2n) is 8.57. The minimum Gasteiger partial charge on any atom is -0.486 e. The van der Waals surface area contributed by atoms with Crippen LogP contribution in [-0.2, 0) is 13.2 Å². The van der Waals surface area contributed by atoms with Gasteiger partial charge in [-0.05, 0) is 53.4 Å². The Labute approximate surface area is 194 Å². The number of benzene rings is 3. The summed E-state index contributed by atoms with van der Waals surface area (Å²) < 4.78 is 11.6. The molecule has 0 bridgehead atoms. The highest BCUT2D eigenvalue weighted by Gasteiger charge is 2.22. The van der Waals surface area contributed by atoms with Gasteiger partial charge in [-0.15, -0.1) is 0 Å². The highest BCUT2D eigenvalue weighted by atomic mass is 16.5. The lowest BCUT2D eigenvalue weighted by atomic mass is 10.0. The molecule has 4 aromatic rings. The van der Waals surface area contributed by atoms with Crippen LogP contribution in [0.3, 0.4) is 0 Å². The molecule has 0 unspecified atom stereocenters. The van der Waals surface area contributed by atoms with E-state index >= 15 is 0 Å². The average Bonchev–Trinajstić information content (AvgIpc) is 3.34. The summed E-state index contributed by atoms with van der Waals surface area (Å²) in [7, 11) is 0. The van der Waals surface area contributed by atoms with Crippen molar-refractivity contribution in [3.05, 3.63) is 102 Å².